The summed E-state index contributed by atoms with van der Waals surface area (Å²) in [6.07, 6.45) is 0.180. The lowest BCUT2D eigenvalue weighted by atomic mass is 10.1. The molecule has 0 bridgehead atoms. The topological polar surface area (TPSA) is 68.4 Å². The molecular formula is C11H20N2O3. The molecule has 92 valence electrons. The van der Waals surface area contributed by atoms with Crippen molar-refractivity contribution in [3.63, 3.8) is 0 Å². The second kappa shape index (κ2) is 5.96. The van der Waals surface area contributed by atoms with E-state index in [9.17, 15) is 5.11 Å². The number of aliphatic hydroxyl groups is 1. The van der Waals surface area contributed by atoms with Gasteiger partial charge in [-0.15, -0.1) is 0 Å². The van der Waals surface area contributed by atoms with Crippen LogP contribution >= 0.6 is 0 Å². The van der Waals surface area contributed by atoms with Crippen molar-refractivity contribution in [1.29, 1.82) is 0 Å². The number of hydrogen-bond acceptors (Lipinski definition) is 5. The monoisotopic (exact) mass is 228 g/mol. The summed E-state index contributed by atoms with van der Waals surface area (Å²) in [6.45, 7) is 8.11. The largest absolute Gasteiger partial charge is 0.393 e. The van der Waals surface area contributed by atoms with Gasteiger partial charge in [0.1, 0.15) is 6.10 Å². The van der Waals surface area contributed by atoms with E-state index in [4.69, 9.17) is 9.26 Å². The lowest BCUT2D eigenvalue weighted by molar-refractivity contribution is 0.0518. The Morgan fingerprint density at radius 2 is 2.06 bits per heavy atom. The minimum absolute atomic E-state index is 0.122. The molecule has 3 atom stereocenters. The molecule has 3 unspecified atom stereocenters. The molecule has 0 aromatic carbocycles. The highest BCUT2D eigenvalue weighted by molar-refractivity contribution is 4.97. The van der Waals surface area contributed by atoms with E-state index in [1.54, 1.807) is 6.92 Å². The maximum absolute atomic E-state index is 9.42. The fraction of sp³-hybridized carbons (Fsp3) is 0.818. The molecule has 0 saturated heterocycles. The smallest absolute Gasteiger partial charge is 0.232 e. The van der Waals surface area contributed by atoms with Gasteiger partial charge in [-0.1, -0.05) is 19.0 Å². The molecule has 1 N–H and O–H groups in total. The van der Waals surface area contributed by atoms with Gasteiger partial charge in [-0.2, -0.15) is 4.98 Å². The Morgan fingerprint density at radius 1 is 1.38 bits per heavy atom. The van der Waals surface area contributed by atoms with Crippen LogP contribution in [0, 0.1) is 0 Å². The predicted molar refractivity (Wildman–Crippen MR) is 59.1 cm³/mol. The lowest BCUT2D eigenvalue weighted by Gasteiger charge is -2.10. The van der Waals surface area contributed by atoms with E-state index in [-0.39, 0.29) is 12.0 Å². The Kier molecular flexibility index (Phi) is 4.89. The Labute approximate surface area is 95.8 Å². The van der Waals surface area contributed by atoms with Crippen molar-refractivity contribution >= 4 is 0 Å². The number of ether oxygens (including phenoxy) is 1. The highest BCUT2D eigenvalue weighted by Crippen LogP contribution is 2.22. The summed E-state index contributed by atoms with van der Waals surface area (Å²) in [5.41, 5.74) is 0. The van der Waals surface area contributed by atoms with Gasteiger partial charge in [0.2, 0.25) is 11.7 Å². The van der Waals surface area contributed by atoms with Gasteiger partial charge in [0.15, 0.2) is 0 Å². The average Bonchev–Trinajstić information content (AvgIpc) is 2.73. The van der Waals surface area contributed by atoms with Crippen LogP contribution < -0.4 is 0 Å². The van der Waals surface area contributed by atoms with Crippen molar-refractivity contribution in [3.05, 3.63) is 11.7 Å². The number of rotatable bonds is 6. The molecule has 0 aliphatic carbocycles. The molecule has 1 aromatic heterocycles. The molecule has 0 fully saturated rings. The van der Waals surface area contributed by atoms with Gasteiger partial charge in [-0.3, -0.25) is 0 Å². The molecule has 0 amide bonds. The van der Waals surface area contributed by atoms with E-state index in [1.165, 1.54) is 0 Å². The fourth-order valence-corrected chi connectivity index (χ4v) is 1.35. The summed E-state index contributed by atoms with van der Waals surface area (Å²) in [4.78, 5) is 4.26. The van der Waals surface area contributed by atoms with E-state index >= 15 is 0 Å². The predicted octanol–water partition coefficient (Wildman–Crippen LogP) is 2.04. The first kappa shape index (κ1) is 13.1. The SMILES string of the molecule is CCOC(CC)c1noc(C(C)C(C)O)n1. The van der Waals surface area contributed by atoms with Gasteiger partial charge in [0.25, 0.3) is 0 Å². The zero-order valence-corrected chi connectivity index (χ0v) is 10.3. The summed E-state index contributed by atoms with van der Waals surface area (Å²) in [5.74, 6) is 0.871. The first-order valence-corrected chi connectivity index (χ1v) is 5.73. The van der Waals surface area contributed by atoms with E-state index < -0.39 is 6.10 Å². The van der Waals surface area contributed by atoms with E-state index in [2.05, 4.69) is 10.1 Å². The standard InChI is InChI=1S/C11H20N2O3/c1-5-9(15-6-2)10-12-11(16-13-10)7(3)8(4)14/h7-9,14H,5-6H2,1-4H3. The summed E-state index contributed by atoms with van der Waals surface area (Å²) in [5, 5.41) is 13.3. The second-order valence-electron chi connectivity index (χ2n) is 3.87. The van der Waals surface area contributed by atoms with Crippen LogP contribution in [0.4, 0.5) is 0 Å². The van der Waals surface area contributed by atoms with Crippen molar-refractivity contribution in [2.24, 2.45) is 0 Å². The van der Waals surface area contributed by atoms with Crippen LogP contribution in [-0.4, -0.2) is 28.0 Å². The molecule has 5 heteroatoms. The van der Waals surface area contributed by atoms with Crippen LogP contribution in [0.5, 0.6) is 0 Å². The molecule has 0 saturated carbocycles. The molecule has 0 aliphatic rings. The summed E-state index contributed by atoms with van der Waals surface area (Å²) < 4.78 is 10.6. The van der Waals surface area contributed by atoms with Gasteiger partial charge >= 0.3 is 0 Å². The van der Waals surface area contributed by atoms with Gasteiger partial charge in [-0.25, -0.2) is 0 Å². The van der Waals surface area contributed by atoms with Crippen molar-refractivity contribution in [3.8, 4) is 0 Å². The van der Waals surface area contributed by atoms with Gasteiger partial charge in [-0.05, 0) is 20.3 Å². The lowest BCUT2D eigenvalue weighted by Crippen LogP contribution is -2.12. The zero-order chi connectivity index (χ0) is 12.1. The maximum atomic E-state index is 9.42. The Balaban J connectivity index is 2.76. The van der Waals surface area contributed by atoms with Crippen molar-refractivity contribution in [2.45, 2.75) is 52.2 Å². The minimum atomic E-state index is -0.500. The first-order valence-electron chi connectivity index (χ1n) is 5.73. The zero-order valence-electron chi connectivity index (χ0n) is 10.3. The maximum Gasteiger partial charge on any atom is 0.232 e. The molecular weight excluding hydrogens is 208 g/mol. The van der Waals surface area contributed by atoms with Crippen LogP contribution in [-0.2, 0) is 4.74 Å². The van der Waals surface area contributed by atoms with Crippen LogP contribution in [0.15, 0.2) is 4.52 Å². The third-order valence-electron chi connectivity index (χ3n) is 2.60. The van der Waals surface area contributed by atoms with Crippen molar-refractivity contribution in [2.75, 3.05) is 6.61 Å². The Bertz CT molecular complexity index is 312. The summed E-state index contributed by atoms with van der Waals surface area (Å²) in [6, 6.07) is 0. The molecule has 5 nitrogen and oxygen atoms in total. The molecule has 1 aromatic rings. The Morgan fingerprint density at radius 3 is 2.56 bits per heavy atom. The number of nitrogens with zero attached hydrogens (tertiary/aromatic N) is 2. The van der Waals surface area contributed by atoms with Crippen molar-refractivity contribution in [1.82, 2.24) is 10.1 Å². The molecule has 1 rings (SSSR count). The Hall–Kier alpha value is -0.940. The van der Waals surface area contributed by atoms with Crippen LogP contribution in [0.3, 0.4) is 0 Å². The van der Waals surface area contributed by atoms with Crippen LogP contribution in [0.2, 0.25) is 0 Å². The highest BCUT2D eigenvalue weighted by Gasteiger charge is 2.22. The van der Waals surface area contributed by atoms with E-state index in [0.717, 1.165) is 6.42 Å². The first-order chi connectivity index (χ1) is 7.60. The number of aliphatic hydroxyl groups excluding tert-OH is 1. The molecule has 1 heterocycles. The summed E-state index contributed by atoms with van der Waals surface area (Å²) >= 11 is 0. The highest BCUT2D eigenvalue weighted by atomic mass is 16.5. The van der Waals surface area contributed by atoms with Gasteiger partial charge in [0.05, 0.1) is 12.0 Å². The quantitative estimate of drug-likeness (QED) is 0.807. The summed E-state index contributed by atoms with van der Waals surface area (Å²) in [7, 11) is 0. The number of hydrogen-bond donors (Lipinski definition) is 1. The van der Waals surface area contributed by atoms with Crippen LogP contribution in [0.1, 0.15) is 57.9 Å². The van der Waals surface area contributed by atoms with E-state index in [1.807, 2.05) is 20.8 Å². The molecule has 16 heavy (non-hydrogen) atoms. The van der Waals surface area contributed by atoms with Gasteiger partial charge < -0.3 is 14.4 Å². The van der Waals surface area contributed by atoms with Gasteiger partial charge in [0, 0.05) is 6.61 Å². The van der Waals surface area contributed by atoms with Crippen molar-refractivity contribution < 1.29 is 14.4 Å². The van der Waals surface area contributed by atoms with Crippen LogP contribution in [0.25, 0.3) is 0 Å². The third-order valence-corrected chi connectivity index (χ3v) is 2.60. The fourth-order valence-electron chi connectivity index (χ4n) is 1.35. The number of aromatic nitrogens is 2. The van der Waals surface area contributed by atoms with E-state index in [0.29, 0.717) is 18.3 Å². The minimum Gasteiger partial charge on any atom is -0.393 e. The molecule has 0 spiro atoms. The molecule has 0 radical (unpaired) electrons. The average molecular weight is 228 g/mol. The third kappa shape index (κ3) is 3.02. The normalized spacial score (nSPS) is 17.1. The molecule has 0 aliphatic heterocycles. The second-order valence-corrected chi connectivity index (χ2v) is 3.87.